The van der Waals surface area contributed by atoms with Gasteiger partial charge in [0.15, 0.2) is 0 Å². The van der Waals surface area contributed by atoms with Gasteiger partial charge in [-0.3, -0.25) is 4.68 Å². The Bertz CT molecular complexity index is 463. The predicted octanol–water partition coefficient (Wildman–Crippen LogP) is 2.60. The summed E-state index contributed by atoms with van der Waals surface area (Å²) in [7, 11) is 4.13. The molecule has 0 radical (unpaired) electrons. The van der Waals surface area contributed by atoms with Crippen molar-refractivity contribution < 1.29 is 0 Å². The Balaban J connectivity index is 2.31. The fourth-order valence-corrected chi connectivity index (χ4v) is 2.61. The second-order valence-electron chi connectivity index (χ2n) is 3.85. The van der Waals surface area contributed by atoms with E-state index in [1.54, 1.807) is 0 Å². The summed E-state index contributed by atoms with van der Waals surface area (Å²) in [4.78, 5) is 2.13. The summed E-state index contributed by atoms with van der Waals surface area (Å²) < 4.78 is 3.23. The van der Waals surface area contributed by atoms with Crippen LogP contribution in [-0.2, 0) is 6.54 Å². The van der Waals surface area contributed by atoms with Crippen LogP contribution in [0.1, 0.15) is 5.56 Å². The summed E-state index contributed by atoms with van der Waals surface area (Å²) in [5, 5.41) is 4.23. The molecule has 0 bridgehead atoms. The van der Waals surface area contributed by atoms with E-state index in [1.807, 2.05) is 23.1 Å². The molecule has 0 saturated carbocycles. The molecule has 0 saturated heterocycles. The molecule has 4 heteroatoms. The maximum Gasteiger partial charge on any atom is 0.0670 e. The van der Waals surface area contributed by atoms with Gasteiger partial charge in [-0.15, -0.1) is 0 Å². The Hall–Kier alpha value is -1.04. The van der Waals surface area contributed by atoms with Crippen LogP contribution in [0.2, 0.25) is 0 Å². The number of aromatic nitrogens is 2. The van der Waals surface area contributed by atoms with Crippen molar-refractivity contribution in [2.45, 2.75) is 6.54 Å². The summed E-state index contributed by atoms with van der Waals surface area (Å²) >= 11 is 2.40. The van der Waals surface area contributed by atoms with Crippen LogP contribution in [-0.4, -0.2) is 23.9 Å². The van der Waals surface area contributed by atoms with Crippen molar-refractivity contribution in [3.05, 3.63) is 45.8 Å². The van der Waals surface area contributed by atoms with Gasteiger partial charge in [0.1, 0.15) is 0 Å². The van der Waals surface area contributed by atoms with Crippen LogP contribution >= 0.6 is 22.6 Å². The quantitative estimate of drug-likeness (QED) is 0.808. The molecule has 3 nitrogen and oxygen atoms in total. The monoisotopic (exact) mass is 327 g/mol. The molecular weight excluding hydrogens is 313 g/mol. The van der Waals surface area contributed by atoms with Crippen molar-refractivity contribution in [2.75, 3.05) is 19.0 Å². The average molecular weight is 327 g/mol. The molecule has 1 aromatic carbocycles. The smallest absolute Gasteiger partial charge is 0.0670 e. The lowest BCUT2D eigenvalue weighted by Crippen LogP contribution is -2.12. The Kier molecular flexibility index (Phi) is 3.48. The SMILES string of the molecule is CN(C)c1cccc(Cn2cccn2)c1I. The van der Waals surface area contributed by atoms with E-state index in [-0.39, 0.29) is 0 Å². The topological polar surface area (TPSA) is 21.1 Å². The summed E-state index contributed by atoms with van der Waals surface area (Å²) in [6.07, 6.45) is 3.79. The minimum atomic E-state index is 0.826. The number of hydrogen-bond donors (Lipinski definition) is 0. The van der Waals surface area contributed by atoms with Crippen molar-refractivity contribution in [3.8, 4) is 0 Å². The lowest BCUT2D eigenvalue weighted by molar-refractivity contribution is 0.684. The molecular formula is C12H14IN3. The van der Waals surface area contributed by atoms with Gasteiger partial charge in [0, 0.05) is 35.7 Å². The van der Waals surface area contributed by atoms with Gasteiger partial charge in [-0.25, -0.2) is 0 Å². The maximum absolute atomic E-state index is 4.23. The summed E-state index contributed by atoms with van der Waals surface area (Å²) in [6, 6.07) is 8.32. The third-order valence-corrected chi connectivity index (χ3v) is 3.68. The Morgan fingerprint density at radius 2 is 2.12 bits per heavy atom. The number of benzene rings is 1. The van der Waals surface area contributed by atoms with Gasteiger partial charge < -0.3 is 4.90 Å². The van der Waals surface area contributed by atoms with Crippen LogP contribution < -0.4 is 4.90 Å². The van der Waals surface area contributed by atoms with Crippen molar-refractivity contribution in [1.82, 2.24) is 9.78 Å². The van der Waals surface area contributed by atoms with E-state index < -0.39 is 0 Å². The minimum absolute atomic E-state index is 0.826. The number of hydrogen-bond acceptors (Lipinski definition) is 2. The molecule has 0 unspecified atom stereocenters. The van der Waals surface area contributed by atoms with Crippen LogP contribution in [0.3, 0.4) is 0 Å². The van der Waals surface area contributed by atoms with Crippen LogP contribution in [0, 0.1) is 3.57 Å². The molecule has 0 aliphatic carbocycles. The highest BCUT2D eigenvalue weighted by molar-refractivity contribution is 14.1. The van der Waals surface area contributed by atoms with Gasteiger partial charge in [-0.1, -0.05) is 12.1 Å². The number of halogens is 1. The average Bonchev–Trinajstić information content (AvgIpc) is 2.73. The first-order valence-electron chi connectivity index (χ1n) is 5.10. The Morgan fingerprint density at radius 1 is 1.31 bits per heavy atom. The Labute approximate surface area is 109 Å². The molecule has 16 heavy (non-hydrogen) atoms. The van der Waals surface area contributed by atoms with Gasteiger partial charge >= 0.3 is 0 Å². The van der Waals surface area contributed by atoms with Crippen molar-refractivity contribution in [2.24, 2.45) is 0 Å². The fraction of sp³-hybridized carbons (Fsp3) is 0.250. The first-order chi connectivity index (χ1) is 7.68. The lowest BCUT2D eigenvalue weighted by atomic mass is 10.2. The van der Waals surface area contributed by atoms with E-state index in [4.69, 9.17) is 0 Å². The van der Waals surface area contributed by atoms with E-state index in [2.05, 4.69) is 64.9 Å². The van der Waals surface area contributed by atoms with Crippen LogP contribution in [0.25, 0.3) is 0 Å². The van der Waals surface area contributed by atoms with Crippen LogP contribution in [0.4, 0.5) is 5.69 Å². The van der Waals surface area contributed by atoms with Crippen LogP contribution in [0.5, 0.6) is 0 Å². The van der Waals surface area contributed by atoms with Gasteiger partial charge in [0.05, 0.1) is 6.54 Å². The molecule has 84 valence electrons. The zero-order valence-electron chi connectivity index (χ0n) is 9.39. The van der Waals surface area contributed by atoms with Crippen molar-refractivity contribution in [3.63, 3.8) is 0 Å². The molecule has 0 aliphatic heterocycles. The molecule has 2 rings (SSSR count). The lowest BCUT2D eigenvalue weighted by Gasteiger charge is -2.17. The molecule has 1 aromatic heterocycles. The Morgan fingerprint density at radius 3 is 2.75 bits per heavy atom. The van der Waals surface area contributed by atoms with Crippen LogP contribution in [0.15, 0.2) is 36.7 Å². The van der Waals surface area contributed by atoms with Crippen molar-refractivity contribution in [1.29, 1.82) is 0 Å². The van der Waals surface area contributed by atoms with Crippen molar-refractivity contribution >= 4 is 28.3 Å². The van der Waals surface area contributed by atoms with E-state index in [9.17, 15) is 0 Å². The van der Waals surface area contributed by atoms with Gasteiger partial charge in [-0.2, -0.15) is 5.10 Å². The van der Waals surface area contributed by atoms with Gasteiger partial charge in [-0.05, 0) is 40.3 Å². The van der Waals surface area contributed by atoms with Gasteiger partial charge in [0.25, 0.3) is 0 Å². The first kappa shape index (κ1) is 11.4. The minimum Gasteiger partial charge on any atom is -0.377 e. The van der Waals surface area contributed by atoms with E-state index in [0.29, 0.717) is 0 Å². The van der Waals surface area contributed by atoms with E-state index in [0.717, 1.165) is 6.54 Å². The first-order valence-corrected chi connectivity index (χ1v) is 6.18. The molecule has 0 atom stereocenters. The molecule has 0 N–H and O–H groups in total. The second-order valence-corrected chi connectivity index (χ2v) is 4.93. The molecule has 0 spiro atoms. The number of rotatable bonds is 3. The normalized spacial score (nSPS) is 10.4. The highest BCUT2D eigenvalue weighted by atomic mass is 127. The standard InChI is InChI=1S/C12H14IN3/c1-15(2)11-6-3-5-10(12(11)13)9-16-8-4-7-14-16/h3-8H,9H2,1-2H3. The molecule has 0 amide bonds. The largest absolute Gasteiger partial charge is 0.377 e. The maximum atomic E-state index is 4.23. The molecule has 0 fully saturated rings. The number of anilines is 1. The molecule has 1 heterocycles. The third kappa shape index (κ3) is 2.37. The zero-order chi connectivity index (χ0) is 11.5. The van der Waals surface area contributed by atoms with Gasteiger partial charge in [0.2, 0.25) is 0 Å². The van der Waals surface area contributed by atoms with E-state index in [1.165, 1.54) is 14.8 Å². The summed E-state index contributed by atoms with van der Waals surface area (Å²) in [5.41, 5.74) is 2.56. The zero-order valence-corrected chi connectivity index (χ0v) is 11.5. The summed E-state index contributed by atoms with van der Waals surface area (Å²) in [6.45, 7) is 0.826. The highest BCUT2D eigenvalue weighted by Gasteiger charge is 2.07. The van der Waals surface area contributed by atoms with E-state index >= 15 is 0 Å². The molecule has 2 aromatic rings. The highest BCUT2D eigenvalue weighted by Crippen LogP contribution is 2.24. The predicted molar refractivity (Wildman–Crippen MR) is 74.8 cm³/mol. The second kappa shape index (κ2) is 4.86. The fourth-order valence-electron chi connectivity index (χ4n) is 1.60. The molecule has 0 aliphatic rings. The third-order valence-electron chi connectivity index (χ3n) is 2.43. The number of nitrogens with zero attached hydrogens (tertiary/aromatic N) is 3. The summed E-state index contributed by atoms with van der Waals surface area (Å²) in [5.74, 6) is 0.